The van der Waals surface area contributed by atoms with Crippen molar-refractivity contribution in [1.29, 1.82) is 0 Å². The third-order valence-electron chi connectivity index (χ3n) is 2.87. The van der Waals surface area contributed by atoms with Gasteiger partial charge in [0.15, 0.2) is 5.82 Å². The SMILES string of the molecule is CC(C)(C)c1ccc(C(=O)[N]c2cc[nH]c(=O)n2)cc1. The summed E-state index contributed by atoms with van der Waals surface area (Å²) in [7, 11) is 0. The van der Waals surface area contributed by atoms with Gasteiger partial charge in [-0.1, -0.05) is 32.9 Å². The quantitative estimate of drug-likeness (QED) is 0.908. The van der Waals surface area contributed by atoms with E-state index in [1.165, 1.54) is 12.3 Å². The van der Waals surface area contributed by atoms with Crippen molar-refractivity contribution in [2.45, 2.75) is 26.2 Å². The number of H-pyrrole nitrogens is 1. The number of carbonyl (C=O) groups is 1. The number of nitrogens with zero attached hydrogens (tertiary/aromatic N) is 2. The molecule has 20 heavy (non-hydrogen) atoms. The highest BCUT2D eigenvalue weighted by Gasteiger charge is 2.15. The van der Waals surface area contributed by atoms with Gasteiger partial charge in [0.25, 0.3) is 5.91 Å². The van der Waals surface area contributed by atoms with E-state index < -0.39 is 11.6 Å². The molecule has 1 N–H and O–H groups in total. The van der Waals surface area contributed by atoms with Gasteiger partial charge in [0, 0.05) is 11.8 Å². The van der Waals surface area contributed by atoms with Gasteiger partial charge in [0.2, 0.25) is 0 Å². The third-order valence-corrected chi connectivity index (χ3v) is 2.87. The predicted molar refractivity (Wildman–Crippen MR) is 76.1 cm³/mol. The Morgan fingerprint density at radius 2 is 1.80 bits per heavy atom. The topological polar surface area (TPSA) is 76.9 Å². The highest BCUT2D eigenvalue weighted by Crippen LogP contribution is 2.22. The lowest BCUT2D eigenvalue weighted by atomic mass is 9.87. The summed E-state index contributed by atoms with van der Waals surface area (Å²) in [5.74, 6) is -0.304. The van der Waals surface area contributed by atoms with Crippen molar-refractivity contribution >= 4 is 11.7 Å². The van der Waals surface area contributed by atoms with Gasteiger partial charge < -0.3 is 4.98 Å². The second-order valence-electron chi connectivity index (χ2n) is 5.50. The minimum atomic E-state index is -0.526. The number of hydrogen-bond donors (Lipinski definition) is 1. The van der Waals surface area contributed by atoms with E-state index in [0.29, 0.717) is 5.56 Å². The highest BCUT2D eigenvalue weighted by molar-refractivity contribution is 5.96. The number of carbonyl (C=O) groups excluding carboxylic acids is 1. The molecule has 1 aromatic carbocycles. The van der Waals surface area contributed by atoms with Crippen molar-refractivity contribution in [1.82, 2.24) is 15.3 Å². The smallest absolute Gasteiger partial charge is 0.313 e. The average Bonchev–Trinajstić information content (AvgIpc) is 2.38. The van der Waals surface area contributed by atoms with E-state index in [9.17, 15) is 9.59 Å². The Morgan fingerprint density at radius 1 is 1.15 bits per heavy atom. The molecule has 0 aliphatic carbocycles. The van der Waals surface area contributed by atoms with E-state index in [-0.39, 0.29) is 11.2 Å². The van der Waals surface area contributed by atoms with E-state index in [0.717, 1.165) is 5.56 Å². The fourth-order valence-corrected chi connectivity index (χ4v) is 1.70. The lowest BCUT2D eigenvalue weighted by molar-refractivity contribution is 0.0967. The average molecular weight is 270 g/mol. The van der Waals surface area contributed by atoms with Crippen molar-refractivity contribution in [2.75, 3.05) is 0 Å². The van der Waals surface area contributed by atoms with Crippen molar-refractivity contribution < 1.29 is 4.79 Å². The molecule has 103 valence electrons. The molecule has 0 aliphatic rings. The summed E-state index contributed by atoms with van der Waals surface area (Å²) in [4.78, 5) is 29.0. The lowest BCUT2D eigenvalue weighted by Gasteiger charge is -2.18. The standard InChI is InChI=1S/C15H16N3O2/c1-15(2,3)11-6-4-10(5-7-11)13(19)17-12-8-9-16-14(20)18-12/h4-9H,1-3H3,(H,16,18,20). The summed E-state index contributed by atoms with van der Waals surface area (Å²) >= 11 is 0. The number of amides is 1. The Morgan fingerprint density at radius 3 is 2.35 bits per heavy atom. The summed E-state index contributed by atoms with van der Waals surface area (Å²) < 4.78 is 0. The van der Waals surface area contributed by atoms with E-state index >= 15 is 0 Å². The third kappa shape index (κ3) is 3.32. The fraction of sp³-hybridized carbons (Fsp3) is 0.267. The number of aromatic nitrogens is 2. The largest absolute Gasteiger partial charge is 0.346 e. The Hall–Kier alpha value is -2.43. The van der Waals surface area contributed by atoms with E-state index in [4.69, 9.17) is 0 Å². The van der Waals surface area contributed by atoms with Crippen LogP contribution in [0.3, 0.4) is 0 Å². The maximum Gasteiger partial charge on any atom is 0.346 e. The first kappa shape index (κ1) is 14.0. The fourth-order valence-electron chi connectivity index (χ4n) is 1.70. The summed E-state index contributed by atoms with van der Waals surface area (Å²) in [5, 5.41) is 3.81. The zero-order chi connectivity index (χ0) is 14.8. The lowest BCUT2D eigenvalue weighted by Crippen LogP contribution is -2.17. The van der Waals surface area contributed by atoms with Crippen LogP contribution in [-0.4, -0.2) is 15.9 Å². The molecule has 0 aliphatic heterocycles. The number of aromatic amines is 1. The minimum absolute atomic E-state index is 0.0347. The van der Waals surface area contributed by atoms with Crippen LogP contribution in [0.2, 0.25) is 0 Å². The molecule has 1 amide bonds. The van der Waals surface area contributed by atoms with Crippen LogP contribution in [-0.2, 0) is 5.41 Å². The molecule has 2 rings (SSSR count). The number of rotatable bonds is 2. The molecule has 0 unspecified atom stereocenters. The van der Waals surface area contributed by atoms with Crippen LogP contribution in [0.25, 0.3) is 0 Å². The first-order valence-corrected chi connectivity index (χ1v) is 6.28. The number of benzene rings is 1. The highest BCUT2D eigenvalue weighted by atomic mass is 16.2. The summed E-state index contributed by atoms with van der Waals surface area (Å²) in [6.07, 6.45) is 1.41. The van der Waals surface area contributed by atoms with Crippen LogP contribution in [0.1, 0.15) is 36.7 Å². The monoisotopic (exact) mass is 270 g/mol. The molecule has 0 fully saturated rings. The molecule has 5 heteroatoms. The van der Waals surface area contributed by atoms with E-state index in [1.54, 1.807) is 12.1 Å². The molecule has 0 atom stereocenters. The van der Waals surface area contributed by atoms with E-state index in [2.05, 4.69) is 36.1 Å². The minimum Gasteiger partial charge on any atom is -0.313 e. The van der Waals surface area contributed by atoms with Crippen molar-refractivity contribution in [2.24, 2.45) is 0 Å². The molecule has 0 saturated heterocycles. The molecule has 1 heterocycles. The van der Waals surface area contributed by atoms with Crippen LogP contribution < -0.4 is 11.0 Å². The zero-order valence-electron chi connectivity index (χ0n) is 11.7. The molecule has 0 spiro atoms. The molecular weight excluding hydrogens is 254 g/mol. The number of nitrogens with one attached hydrogen (secondary N) is 1. The first-order chi connectivity index (χ1) is 9.36. The van der Waals surface area contributed by atoms with Crippen molar-refractivity contribution in [3.05, 3.63) is 58.1 Å². The first-order valence-electron chi connectivity index (χ1n) is 6.28. The Balaban J connectivity index is 2.16. The van der Waals surface area contributed by atoms with Gasteiger partial charge in [-0.25, -0.2) is 4.79 Å². The maximum absolute atomic E-state index is 12.0. The molecule has 2 aromatic rings. The second-order valence-corrected chi connectivity index (χ2v) is 5.50. The molecular formula is C15H16N3O2. The molecule has 1 radical (unpaired) electrons. The Kier molecular flexibility index (Phi) is 3.70. The van der Waals surface area contributed by atoms with Crippen molar-refractivity contribution in [3.8, 4) is 0 Å². The maximum atomic E-state index is 12.0. The molecule has 0 saturated carbocycles. The molecule has 1 aromatic heterocycles. The summed E-state index contributed by atoms with van der Waals surface area (Å²) in [5.41, 5.74) is 1.12. The van der Waals surface area contributed by atoms with Crippen LogP contribution in [0, 0.1) is 0 Å². The normalized spacial score (nSPS) is 11.2. The summed E-state index contributed by atoms with van der Waals surface area (Å²) in [6.45, 7) is 6.32. The van der Waals surface area contributed by atoms with E-state index in [1.807, 2.05) is 12.1 Å². The van der Waals surface area contributed by atoms with Gasteiger partial charge in [0.1, 0.15) is 0 Å². The van der Waals surface area contributed by atoms with Crippen LogP contribution in [0.15, 0.2) is 41.3 Å². The Labute approximate surface area is 117 Å². The second kappa shape index (κ2) is 5.28. The number of hydrogen-bond acceptors (Lipinski definition) is 3. The van der Waals surface area contributed by atoms with Crippen LogP contribution in [0.4, 0.5) is 5.82 Å². The summed E-state index contributed by atoms with van der Waals surface area (Å²) in [6, 6.07) is 8.77. The molecule has 5 nitrogen and oxygen atoms in total. The molecule has 0 bridgehead atoms. The van der Waals surface area contributed by atoms with Crippen LogP contribution in [0.5, 0.6) is 0 Å². The van der Waals surface area contributed by atoms with Gasteiger partial charge >= 0.3 is 5.69 Å². The zero-order valence-corrected chi connectivity index (χ0v) is 11.7. The van der Waals surface area contributed by atoms with Gasteiger partial charge in [-0.05, 0) is 29.2 Å². The Bertz CT molecular complexity index is 667. The van der Waals surface area contributed by atoms with Gasteiger partial charge in [-0.2, -0.15) is 10.3 Å². The van der Waals surface area contributed by atoms with Gasteiger partial charge in [0.05, 0.1) is 0 Å². The predicted octanol–water partition coefficient (Wildman–Crippen LogP) is 2.14. The van der Waals surface area contributed by atoms with Crippen molar-refractivity contribution in [3.63, 3.8) is 0 Å². The van der Waals surface area contributed by atoms with Gasteiger partial charge in [-0.3, -0.25) is 4.79 Å². The van der Waals surface area contributed by atoms with Crippen LogP contribution >= 0.6 is 0 Å². The van der Waals surface area contributed by atoms with Gasteiger partial charge in [-0.15, -0.1) is 0 Å².